The maximum Gasteiger partial charge on any atom is 0.0547 e. The third kappa shape index (κ3) is 4.02. The van der Waals surface area contributed by atoms with Crippen LogP contribution in [-0.4, -0.2) is 4.57 Å². The van der Waals surface area contributed by atoms with Crippen LogP contribution in [0.15, 0.2) is 162 Å². The van der Waals surface area contributed by atoms with Crippen LogP contribution in [-0.2, 0) is 6.42 Å². The minimum Gasteiger partial charge on any atom is -0.355 e. The molecule has 0 aliphatic heterocycles. The van der Waals surface area contributed by atoms with E-state index in [-0.39, 0.29) is 0 Å². The normalized spacial score (nSPS) is 14.8. The fourth-order valence-corrected chi connectivity index (χ4v) is 9.14. The third-order valence-corrected chi connectivity index (χ3v) is 11.3. The topological polar surface area (TPSA) is 17.0 Å². The van der Waals surface area contributed by atoms with Gasteiger partial charge >= 0.3 is 0 Å². The van der Waals surface area contributed by atoms with Gasteiger partial charge in [-0.2, -0.15) is 0 Å². The molecule has 11 rings (SSSR count). The van der Waals surface area contributed by atoms with Crippen LogP contribution in [0.4, 0.5) is 5.69 Å². The summed E-state index contributed by atoms with van der Waals surface area (Å²) in [5, 5.41) is 12.0. The molecule has 1 aromatic heterocycles. The fourth-order valence-electron chi connectivity index (χ4n) is 9.14. The summed E-state index contributed by atoms with van der Waals surface area (Å²) in [6.45, 7) is 0. The summed E-state index contributed by atoms with van der Waals surface area (Å²) >= 11 is 0. The van der Waals surface area contributed by atoms with Crippen LogP contribution in [0.25, 0.3) is 77.4 Å². The van der Waals surface area contributed by atoms with Crippen molar-refractivity contribution in [2.24, 2.45) is 0 Å². The van der Waals surface area contributed by atoms with E-state index in [2.05, 4.69) is 162 Å². The minimum absolute atomic E-state index is 1.03. The van der Waals surface area contributed by atoms with Crippen LogP contribution >= 0.6 is 0 Å². The maximum absolute atomic E-state index is 3.91. The predicted molar refractivity (Wildman–Crippen MR) is 212 cm³/mol. The standard InChI is InChI=1S/C48H34N2/c1-2-12-35(13-3-1)50-44-20-9-7-17-41(44)48-45(50)26-24-30-21-22-32-27-31(23-25-37(32)47(30)48)36-14-6-8-19-43(36)49-34-28-33-11-10-18-40-38-15-4-5-16-39(38)42(29-34)46(33)40/h1-5,7-13,15-22,24,26-29,49H,6,14,23,25H2. The molecule has 1 heterocycles. The van der Waals surface area contributed by atoms with Crippen molar-refractivity contribution in [3.05, 3.63) is 174 Å². The molecule has 50 heavy (non-hydrogen) atoms. The van der Waals surface area contributed by atoms with Crippen molar-refractivity contribution >= 4 is 55.1 Å². The lowest BCUT2D eigenvalue weighted by molar-refractivity contribution is 0.878. The molecule has 8 aromatic rings. The molecule has 0 atom stereocenters. The van der Waals surface area contributed by atoms with Gasteiger partial charge in [-0.25, -0.2) is 0 Å². The van der Waals surface area contributed by atoms with Crippen molar-refractivity contribution in [3.63, 3.8) is 0 Å². The number of para-hydroxylation sites is 2. The number of rotatable bonds is 4. The van der Waals surface area contributed by atoms with E-state index in [0.717, 1.165) is 31.4 Å². The first-order chi connectivity index (χ1) is 24.8. The molecule has 0 unspecified atom stereocenters. The number of nitrogens with zero attached hydrogens (tertiary/aromatic N) is 1. The number of aryl methyl sites for hydroxylation is 1. The van der Waals surface area contributed by atoms with Crippen molar-refractivity contribution in [3.8, 4) is 27.9 Å². The van der Waals surface area contributed by atoms with Gasteiger partial charge in [-0.05, 0) is 134 Å². The summed E-state index contributed by atoms with van der Waals surface area (Å²) in [5.41, 5.74) is 17.2. The highest BCUT2D eigenvalue weighted by Gasteiger charge is 2.24. The lowest BCUT2D eigenvalue weighted by Crippen LogP contribution is -2.10. The average Bonchev–Trinajstić information content (AvgIpc) is 3.69. The second kappa shape index (κ2) is 10.7. The van der Waals surface area contributed by atoms with Crippen molar-refractivity contribution in [2.45, 2.75) is 25.7 Å². The Morgan fingerprint density at radius 3 is 2.26 bits per heavy atom. The Labute approximate surface area is 291 Å². The summed E-state index contributed by atoms with van der Waals surface area (Å²) in [6, 6.07) is 49.2. The summed E-state index contributed by atoms with van der Waals surface area (Å²) in [7, 11) is 0. The van der Waals surface area contributed by atoms with Crippen LogP contribution in [0, 0.1) is 0 Å². The monoisotopic (exact) mass is 638 g/mol. The van der Waals surface area contributed by atoms with Gasteiger partial charge in [0.05, 0.1) is 11.0 Å². The predicted octanol–water partition coefficient (Wildman–Crippen LogP) is 12.8. The lowest BCUT2D eigenvalue weighted by Gasteiger charge is -2.25. The summed E-state index contributed by atoms with van der Waals surface area (Å²) in [6.07, 6.45) is 11.3. The van der Waals surface area contributed by atoms with Gasteiger partial charge in [-0.15, -0.1) is 0 Å². The number of allylic oxidation sites excluding steroid dienone is 4. The number of aromatic nitrogens is 1. The minimum atomic E-state index is 1.03. The van der Waals surface area contributed by atoms with Crippen LogP contribution in [0.2, 0.25) is 0 Å². The number of anilines is 1. The fraction of sp³-hybridized carbons (Fsp3) is 0.0833. The smallest absolute Gasteiger partial charge is 0.0547 e. The molecule has 3 aliphatic carbocycles. The summed E-state index contributed by atoms with van der Waals surface area (Å²) in [5.74, 6) is 0. The van der Waals surface area contributed by atoms with Gasteiger partial charge in [0.25, 0.3) is 0 Å². The molecule has 0 fully saturated rings. The van der Waals surface area contributed by atoms with E-state index in [1.807, 2.05) is 0 Å². The van der Waals surface area contributed by atoms with E-state index in [1.54, 1.807) is 0 Å². The molecule has 7 aromatic carbocycles. The zero-order valence-electron chi connectivity index (χ0n) is 27.7. The van der Waals surface area contributed by atoms with E-state index in [0.29, 0.717) is 0 Å². The number of hydrogen-bond acceptors (Lipinski definition) is 1. The molecule has 3 aliphatic rings. The highest BCUT2D eigenvalue weighted by atomic mass is 15.0. The Hall–Kier alpha value is -6.12. The highest BCUT2D eigenvalue weighted by Crippen LogP contribution is 2.49. The zero-order valence-corrected chi connectivity index (χ0v) is 27.7. The Kier molecular flexibility index (Phi) is 5.94. The first-order valence-corrected chi connectivity index (χ1v) is 17.9. The molecule has 2 heteroatoms. The lowest BCUT2D eigenvalue weighted by atomic mass is 9.82. The van der Waals surface area contributed by atoms with E-state index >= 15 is 0 Å². The van der Waals surface area contributed by atoms with E-state index < -0.39 is 0 Å². The number of nitrogens with one attached hydrogen (secondary N) is 1. The SMILES string of the molecule is C1=CC(Nc2cc3c4c(cccc4c2)-c2ccccc2-3)=C(C2=Cc3ccc4ccc5c(c6ccccc6n5-c5ccccc5)c4c3CC2)CC1. The highest BCUT2D eigenvalue weighted by molar-refractivity contribution is 6.23. The van der Waals surface area contributed by atoms with Crippen LogP contribution in [0.5, 0.6) is 0 Å². The second-order valence-electron chi connectivity index (χ2n) is 14.0. The largest absolute Gasteiger partial charge is 0.355 e. The van der Waals surface area contributed by atoms with E-state index in [4.69, 9.17) is 0 Å². The number of fused-ring (bicyclic) bond motifs is 10. The Morgan fingerprint density at radius 1 is 0.540 bits per heavy atom. The van der Waals surface area contributed by atoms with E-state index in [1.165, 1.54) is 99.3 Å². The maximum atomic E-state index is 3.91. The molecule has 0 bridgehead atoms. The van der Waals surface area contributed by atoms with Gasteiger partial charge < -0.3 is 9.88 Å². The molecule has 0 radical (unpaired) electrons. The van der Waals surface area contributed by atoms with Crippen molar-refractivity contribution in [1.82, 2.24) is 4.57 Å². The molecule has 0 spiro atoms. The van der Waals surface area contributed by atoms with Gasteiger partial charge in [0.2, 0.25) is 0 Å². The molecule has 0 saturated carbocycles. The van der Waals surface area contributed by atoms with E-state index in [9.17, 15) is 0 Å². The quantitative estimate of drug-likeness (QED) is 0.203. The molecule has 236 valence electrons. The first-order valence-electron chi connectivity index (χ1n) is 17.9. The van der Waals surface area contributed by atoms with Gasteiger partial charge in [-0.1, -0.05) is 109 Å². The summed E-state index contributed by atoms with van der Waals surface area (Å²) in [4.78, 5) is 0. The van der Waals surface area contributed by atoms with Crippen LogP contribution in [0.3, 0.4) is 0 Å². The molecular formula is C48H34N2. The van der Waals surface area contributed by atoms with Crippen molar-refractivity contribution in [1.29, 1.82) is 0 Å². The van der Waals surface area contributed by atoms with Crippen LogP contribution < -0.4 is 5.32 Å². The summed E-state index contributed by atoms with van der Waals surface area (Å²) < 4.78 is 2.43. The van der Waals surface area contributed by atoms with Gasteiger partial charge in [0.1, 0.15) is 0 Å². The first kappa shape index (κ1) is 27.8. The third-order valence-electron chi connectivity index (χ3n) is 11.3. The number of benzene rings is 7. The molecule has 2 nitrogen and oxygen atoms in total. The molecular weight excluding hydrogens is 605 g/mol. The molecule has 0 saturated heterocycles. The Morgan fingerprint density at radius 2 is 1.34 bits per heavy atom. The zero-order chi connectivity index (χ0) is 32.8. The second-order valence-corrected chi connectivity index (χ2v) is 14.0. The number of hydrogen-bond donors (Lipinski definition) is 1. The van der Waals surface area contributed by atoms with Gasteiger partial charge in [0, 0.05) is 27.8 Å². The molecule has 0 amide bonds. The Bertz CT molecular complexity index is 2820. The van der Waals surface area contributed by atoms with Crippen molar-refractivity contribution in [2.75, 3.05) is 5.32 Å². The van der Waals surface area contributed by atoms with Gasteiger partial charge in [0.15, 0.2) is 0 Å². The van der Waals surface area contributed by atoms with Gasteiger partial charge in [-0.3, -0.25) is 0 Å². The molecule has 1 N–H and O–H groups in total. The Balaban J connectivity index is 1.05. The average molecular weight is 639 g/mol. The van der Waals surface area contributed by atoms with Crippen LogP contribution in [0.1, 0.15) is 30.4 Å². The van der Waals surface area contributed by atoms with Crippen molar-refractivity contribution < 1.29 is 0 Å².